The highest BCUT2D eigenvalue weighted by atomic mass is 16.5. The van der Waals surface area contributed by atoms with Gasteiger partial charge in [0.1, 0.15) is 11.3 Å². The second-order valence-electron chi connectivity index (χ2n) is 6.92. The quantitative estimate of drug-likeness (QED) is 0.533. The summed E-state index contributed by atoms with van der Waals surface area (Å²) in [5.74, 6) is 1.66. The van der Waals surface area contributed by atoms with Gasteiger partial charge in [-0.2, -0.15) is 0 Å². The molecule has 24 heavy (non-hydrogen) atoms. The molecule has 4 rings (SSSR count). The van der Waals surface area contributed by atoms with E-state index in [1.165, 1.54) is 10.9 Å². The smallest absolute Gasteiger partial charge is 0.147 e. The minimum absolute atomic E-state index is 0.307. The predicted molar refractivity (Wildman–Crippen MR) is 97.3 cm³/mol. The van der Waals surface area contributed by atoms with Gasteiger partial charge in [0, 0.05) is 22.9 Å². The summed E-state index contributed by atoms with van der Waals surface area (Å²) in [5.41, 5.74) is 5.63. The van der Waals surface area contributed by atoms with Crippen LogP contribution in [0, 0.1) is 0 Å². The van der Waals surface area contributed by atoms with Crippen molar-refractivity contribution in [3.8, 4) is 11.3 Å². The molecule has 3 aromatic heterocycles. The summed E-state index contributed by atoms with van der Waals surface area (Å²) >= 11 is 0. The lowest BCUT2D eigenvalue weighted by molar-refractivity contribution is 0.378. The van der Waals surface area contributed by atoms with E-state index in [9.17, 15) is 0 Å². The van der Waals surface area contributed by atoms with Crippen LogP contribution in [-0.2, 0) is 0 Å². The van der Waals surface area contributed by atoms with Gasteiger partial charge in [-0.15, -0.1) is 0 Å². The van der Waals surface area contributed by atoms with Crippen LogP contribution >= 0.6 is 0 Å². The lowest BCUT2D eigenvalue weighted by atomic mass is 9.95. The number of hydrogen-bond acceptors (Lipinski definition) is 3. The van der Waals surface area contributed by atoms with E-state index in [0.29, 0.717) is 11.8 Å². The van der Waals surface area contributed by atoms with Crippen LogP contribution in [0.25, 0.3) is 33.1 Å². The van der Waals surface area contributed by atoms with E-state index >= 15 is 0 Å². The van der Waals surface area contributed by atoms with Crippen LogP contribution in [0.5, 0.6) is 0 Å². The van der Waals surface area contributed by atoms with Crippen molar-refractivity contribution in [1.29, 1.82) is 0 Å². The molecular weight excluding hydrogens is 298 g/mol. The number of aromatic amines is 1. The maximum Gasteiger partial charge on any atom is 0.147 e. The van der Waals surface area contributed by atoms with Crippen LogP contribution < -0.4 is 0 Å². The van der Waals surface area contributed by atoms with Crippen LogP contribution in [0.2, 0.25) is 0 Å². The number of benzene rings is 1. The van der Waals surface area contributed by atoms with Gasteiger partial charge in [-0.3, -0.25) is 4.98 Å². The first-order valence-electron chi connectivity index (χ1n) is 8.41. The summed E-state index contributed by atoms with van der Waals surface area (Å²) in [6.45, 7) is 8.70. The van der Waals surface area contributed by atoms with E-state index in [4.69, 9.17) is 4.52 Å². The van der Waals surface area contributed by atoms with Gasteiger partial charge < -0.3 is 9.51 Å². The molecule has 4 heteroatoms. The summed E-state index contributed by atoms with van der Waals surface area (Å²) in [6, 6.07) is 8.42. The SMILES string of the molecule is CC(C)c1onc2ccc(-c3[nH]c4cnccc4c3C(C)C)cc12. The zero-order valence-corrected chi connectivity index (χ0v) is 14.4. The van der Waals surface area contributed by atoms with Gasteiger partial charge in [0.2, 0.25) is 0 Å². The van der Waals surface area contributed by atoms with Gasteiger partial charge in [-0.1, -0.05) is 38.9 Å². The molecule has 0 spiro atoms. The normalized spacial score (nSPS) is 12.1. The number of fused-ring (bicyclic) bond motifs is 2. The van der Waals surface area contributed by atoms with Crippen molar-refractivity contribution in [3.05, 3.63) is 48.0 Å². The van der Waals surface area contributed by atoms with Crippen LogP contribution in [-0.4, -0.2) is 15.1 Å². The van der Waals surface area contributed by atoms with Crippen molar-refractivity contribution < 1.29 is 4.52 Å². The van der Waals surface area contributed by atoms with Crippen molar-refractivity contribution >= 4 is 21.8 Å². The van der Waals surface area contributed by atoms with Crippen molar-refractivity contribution in [3.63, 3.8) is 0 Å². The topological polar surface area (TPSA) is 54.7 Å². The third kappa shape index (κ3) is 2.21. The average molecular weight is 319 g/mol. The molecular formula is C20H21N3O. The van der Waals surface area contributed by atoms with Gasteiger partial charge >= 0.3 is 0 Å². The van der Waals surface area contributed by atoms with E-state index in [1.807, 2.05) is 18.5 Å². The van der Waals surface area contributed by atoms with Crippen molar-refractivity contribution in [1.82, 2.24) is 15.1 Å². The highest BCUT2D eigenvalue weighted by Gasteiger charge is 2.18. The maximum atomic E-state index is 5.53. The van der Waals surface area contributed by atoms with Gasteiger partial charge in [0.05, 0.1) is 17.4 Å². The predicted octanol–water partition coefficient (Wildman–Crippen LogP) is 5.62. The molecule has 0 bridgehead atoms. The van der Waals surface area contributed by atoms with Crippen LogP contribution in [0.1, 0.15) is 50.9 Å². The highest BCUT2D eigenvalue weighted by Crippen LogP contribution is 2.37. The Morgan fingerprint density at radius 2 is 1.83 bits per heavy atom. The number of pyridine rings is 1. The molecule has 0 aliphatic carbocycles. The van der Waals surface area contributed by atoms with Gasteiger partial charge in [0.15, 0.2) is 0 Å². The monoisotopic (exact) mass is 319 g/mol. The second-order valence-corrected chi connectivity index (χ2v) is 6.92. The molecule has 1 aromatic carbocycles. The third-order valence-corrected chi connectivity index (χ3v) is 4.54. The Morgan fingerprint density at radius 1 is 1.00 bits per heavy atom. The van der Waals surface area contributed by atoms with E-state index in [1.54, 1.807) is 0 Å². The van der Waals surface area contributed by atoms with Crippen LogP contribution in [0.3, 0.4) is 0 Å². The standard InChI is InChI=1S/C20H21N3O/c1-11(2)18-14-7-8-21-10-17(14)22-19(18)13-5-6-16-15(9-13)20(12(3)4)24-23-16/h5-12,22H,1-4H3. The van der Waals surface area contributed by atoms with Gasteiger partial charge in [0.25, 0.3) is 0 Å². The number of hydrogen-bond donors (Lipinski definition) is 1. The zero-order chi connectivity index (χ0) is 16.8. The van der Waals surface area contributed by atoms with Crippen molar-refractivity contribution in [2.45, 2.75) is 39.5 Å². The molecule has 4 aromatic rings. The Morgan fingerprint density at radius 3 is 2.58 bits per heavy atom. The first-order chi connectivity index (χ1) is 11.6. The fourth-order valence-electron chi connectivity index (χ4n) is 3.43. The van der Waals surface area contributed by atoms with E-state index in [-0.39, 0.29) is 0 Å². The minimum Gasteiger partial charge on any atom is -0.360 e. The highest BCUT2D eigenvalue weighted by molar-refractivity contribution is 5.93. The molecule has 1 N–H and O–H groups in total. The van der Waals surface area contributed by atoms with Crippen molar-refractivity contribution in [2.75, 3.05) is 0 Å². The molecule has 0 radical (unpaired) electrons. The number of nitrogens with one attached hydrogen (secondary N) is 1. The molecule has 122 valence electrons. The molecule has 0 atom stereocenters. The number of nitrogens with zero attached hydrogens (tertiary/aromatic N) is 2. The molecule has 0 fully saturated rings. The average Bonchev–Trinajstić information content (AvgIpc) is 3.15. The Kier molecular flexibility index (Phi) is 3.41. The number of H-pyrrole nitrogens is 1. The molecule has 0 aliphatic heterocycles. The Balaban J connectivity index is 1.99. The first-order valence-corrected chi connectivity index (χ1v) is 8.41. The molecule has 3 heterocycles. The van der Waals surface area contributed by atoms with E-state index in [0.717, 1.165) is 33.4 Å². The molecule has 0 saturated carbocycles. The first kappa shape index (κ1) is 14.9. The molecule has 0 unspecified atom stereocenters. The van der Waals surface area contributed by atoms with E-state index < -0.39 is 0 Å². The molecule has 4 nitrogen and oxygen atoms in total. The summed E-state index contributed by atoms with van der Waals surface area (Å²) < 4.78 is 5.53. The zero-order valence-electron chi connectivity index (χ0n) is 14.4. The number of rotatable bonds is 3. The third-order valence-electron chi connectivity index (χ3n) is 4.54. The van der Waals surface area contributed by atoms with Crippen LogP contribution in [0.4, 0.5) is 0 Å². The summed E-state index contributed by atoms with van der Waals surface area (Å²) in [7, 11) is 0. The maximum absolute atomic E-state index is 5.53. The fourth-order valence-corrected chi connectivity index (χ4v) is 3.43. The summed E-state index contributed by atoms with van der Waals surface area (Å²) in [6.07, 6.45) is 3.74. The Bertz CT molecular complexity index is 1020. The molecule has 0 aliphatic rings. The Labute approximate surface area is 140 Å². The van der Waals surface area contributed by atoms with Gasteiger partial charge in [-0.05, 0) is 35.2 Å². The lowest BCUT2D eigenvalue weighted by Crippen LogP contribution is -1.90. The largest absolute Gasteiger partial charge is 0.360 e. The Hall–Kier alpha value is -2.62. The summed E-state index contributed by atoms with van der Waals surface area (Å²) in [5, 5.41) is 6.51. The minimum atomic E-state index is 0.307. The molecule has 0 amide bonds. The van der Waals surface area contributed by atoms with E-state index in [2.05, 4.69) is 61.0 Å². The second kappa shape index (κ2) is 5.48. The lowest BCUT2D eigenvalue weighted by Gasteiger charge is -2.09. The van der Waals surface area contributed by atoms with Crippen molar-refractivity contribution in [2.24, 2.45) is 0 Å². The summed E-state index contributed by atoms with van der Waals surface area (Å²) in [4.78, 5) is 7.80. The number of aromatic nitrogens is 3. The van der Waals surface area contributed by atoms with Gasteiger partial charge in [-0.25, -0.2) is 0 Å². The molecule has 0 saturated heterocycles. The fraction of sp³-hybridized carbons (Fsp3) is 0.300. The van der Waals surface area contributed by atoms with Crippen LogP contribution in [0.15, 0.2) is 41.2 Å².